The summed E-state index contributed by atoms with van der Waals surface area (Å²) in [5.41, 5.74) is 2.98. The summed E-state index contributed by atoms with van der Waals surface area (Å²) in [6.45, 7) is 4.04. The number of β-amino-alcohol motifs (C(OH)–C–C–N with tert-alkyl or cyclic N) is 1. The third-order valence-electron chi connectivity index (χ3n) is 4.63. The fourth-order valence-electron chi connectivity index (χ4n) is 3.48. The molecule has 25 heavy (non-hydrogen) atoms. The Morgan fingerprint density at radius 2 is 2.08 bits per heavy atom. The molecule has 0 aliphatic carbocycles. The van der Waals surface area contributed by atoms with Crippen molar-refractivity contribution in [2.75, 3.05) is 27.3 Å². The zero-order valence-corrected chi connectivity index (χ0v) is 15.5. The van der Waals surface area contributed by atoms with Gasteiger partial charge in [0.2, 0.25) is 0 Å². The molecular weight excluding hydrogens is 342 g/mol. The SMILES string of the molecule is COc1cc(Cl)cc(CN2C[C@@H](Cc3cc(C)[nH]n3)[C@H](O)C2)c1OC. The number of aliphatic hydroxyl groups is 1. The third-order valence-corrected chi connectivity index (χ3v) is 4.85. The zero-order chi connectivity index (χ0) is 18.0. The number of likely N-dealkylation sites (tertiary alicyclic amines) is 1. The molecule has 1 aliphatic rings. The lowest BCUT2D eigenvalue weighted by Crippen LogP contribution is -2.21. The summed E-state index contributed by atoms with van der Waals surface area (Å²) in [5.74, 6) is 1.47. The maximum Gasteiger partial charge on any atom is 0.165 e. The number of aryl methyl sites for hydroxylation is 1. The molecule has 0 spiro atoms. The predicted octanol–water partition coefficient (Wildman–Crippen LogP) is 2.42. The molecule has 136 valence electrons. The van der Waals surface area contributed by atoms with Gasteiger partial charge in [0.05, 0.1) is 26.0 Å². The first-order valence-corrected chi connectivity index (χ1v) is 8.69. The van der Waals surface area contributed by atoms with E-state index in [9.17, 15) is 5.11 Å². The highest BCUT2D eigenvalue weighted by Crippen LogP contribution is 2.36. The number of nitrogens with one attached hydrogen (secondary N) is 1. The van der Waals surface area contributed by atoms with Gasteiger partial charge in [-0.1, -0.05) is 11.6 Å². The van der Waals surface area contributed by atoms with Crippen LogP contribution in [-0.2, 0) is 13.0 Å². The molecule has 0 bridgehead atoms. The molecule has 2 N–H and O–H groups in total. The van der Waals surface area contributed by atoms with Gasteiger partial charge in [-0.15, -0.1) is 0 Å². The first-order valence-electron chi connectivity index (χ1n) is 8.32. The van der Waals surface area contributed by atoms with Gasteiger partial charge in [-0.05, 0) is 25.5 Å². The highest BCUT2D eigenvalue weighted by Gasteiger charge is 2.32. The van der Waals surface area contributed by atoms with Crippen LogP contribution in [0.5, 0.6) is 11.5 Å². The Hall–Kier alpha value is -1.76. The highest BCUT2D eigenvalue weighted by molar-refractivity contribution is 6.30. The lowest BCUT2D eigenvalue weighted by Gasteiger charge is -2.19. The van der Waals surface area contributed by atoms with E-state index in [2.05, 4.69) is 15.1 Å². The first-order chi connectivity index (χ1) is 12.0. The van der Waals surface area contributed by atoms with E-state index in [0.29, 0.717) is 29.6 Å². The quantitative estimate of drug-likeness (QED) is 0.822. The second-order valence-corrected chi connectivity index (χ2v) is 7.00. The molecule has 7 heteroatoms. The van der Waals surface area contributed by atoms with Crippen LogP contribution in [0, 0.1) is 12.8 Å². The summed E-state index contributed by atoms with van der Waals surface area (Å²) in [6.07, 6.45) is 0.391. The van der Waals surface area contributed by atoms with Crippen LogP contribution in [0.4, 0.5) is 0 Å². The van der Waals surface area contributed by atoms with Crippen molar-refractivity contribution in [3.63, 3.8) is 0 Å². The highest BCUT2D eigenvalue weighted by atomic mass is 35.5. The molecule has 3 rings (SSSR count). The fourth-order valence-corrected chi connectivity index (χ4v) is 3.71. The molecule has 1 aromatic heterocycles. The van der Waals surface area contributed by atoms with Crippen LogP contribution in [0.15, 0.2) is 18.2 Å². The number of aromatic amines is 1. The number of aromatic nitrogens is 2. The van der Waals surface area contributed by atoms with Crippen molar-refractivity contribution >= 4 is 11.6 Å². The summed E-state index contributed by atoms with van der Waals surface area (Å²) in [7, 11) is 3.22. The Balaban J connectivity index is 1.71. The van der Waals surface area contributed by atoms with Crippen molar-refractivity contribution in [1.29, 1.82) is 0 Å². The summed E-state index contributed by atoms with van der Waals surface area (Å²) >= 11 is 6.19. The lowest BCUT2D eigenvalue weighted by atomic mass is 10.0. The van der Waals surface area contributed by atoms with Gasteiger partial charge < -0.3 is 14.6 Å². The van der Waals surface area contributed by atoms with Gasteiger partial charge in [0.25, 0.3) is 0 Å². The van der Waals surface area contributed by atoms with E-state index in [4.69, 9.17) is 21.1 Å². The van der Waals surface area contributed by atoms with Crippen molar-refractivity contribution in [2.45, 2.75) is 26.0 Å². The number of rotatable bonds is 6. The number of nitrogens with zero attached hydrogens (tertiary/aromatic N) is 2. The summed E-state index contributed by atoms with van der Waals surface area (Å²) in [4.78, 5) is 2.21. The second-order valence-electron chi connectivity index (χ2n) is 6.57. The van der Waals surface area contributed by atoms with E-state index in [-0.39, 0.29) is 12.0 Å². The minimum atomic E-state index is -0.371. The Labute approximate surface area is 152 Å². The number of hydrogen-bond donors (Lipinski definition) is 2. The van der Waals surface area contributed by atoms with Gasteiger partial charge in [-0.25, -0.2) is 0 Å². The van der Waals surface area contributed by atoms with Crippen molar-refractivity contribution in [1.82, 2.24) is 15.1 Å². The Morgan fingerprint density at radius 3 is 2.72 bits per heavy atom. The summed E-state index contributed by atoms with van der Waals surface area (Å²) in [6, 6.07) is 5.66. The van der Waals surface area contributed by atoms with Crippen LogP contribution >= 0.6 is 11.6 Å². The number of benzene rings is 1. The monoisotopic (exact) mass is 365 g/mol. The molecular formula is C18H24ClN3O3. The van der Waals surface area contributed by atoms with E-state index in [1.165, 1.54) is 0 Å². The normalized spacial score (nSPS) is 20.8. The van der Waals surface area contributed by atoms with Gasteiger partial charge in [-0.3, -0.25) is 10.00 Å². The molecule has 0 amide bonds. The van der Waals surface area contributed by atoms with Gasteiger partial charge in [0.1, 0.15) is 0 Å². The van der Waals surface area contributed by atoms with Crippen molar-refractivity contribution in [3.05, 3.63) is 40.2 Å². The van der Waals surface area contributed by atoms with E-state index in [0.717, 1.165) is 29.9 Å². The molecule has 0 unspecified atom stereocenters. The van der Waals surface area contributed by atoms with Crippen LogP contribution in [0.2, 0.25) is 5.02 Å². The van der Waals surface area contributed by atoms with Crippen LogP contribution in [0.1, 0.15) is 17.0 Å². The minimum Gasteiger partial charge on any atom is -0.493 e. The average Bonchev–Trinajstić information content (AvgIpc) is 3.13. The minimum absolute atomic E-state index is 0.162. The van der Waals surface area contributed by atoms with Crippen molar-refractivity contribution in [2.24, 2.45) is 5.92 Å². The lowest BCUT2D eigenvalue weighted by molar-refractivity contribution is 0.140. The molecule has 1 aliphatic heterocycles. The molecule has 0 radical (unpaired) electrons. The maximum absolute atomic E-state index is 10.4. The number of H-pyrrole nitrogens is 1. The molecule has 2 atom stereocenters. The standard InChI is InChI=1S/C18H24ClN3O3/c1-11-4-15(21-20-11)6-12-8-22(10-16(12)23)9-13-5-14(19)7-17(24-2)18(13)25-3/h4-5,7,12,16,23H,6,8-10H2,1-3H3,(H,20,21)/t12-,16-/m1/s1. The zero-order valence-electron chi connectivity index (χ0n) is 14.8. The van der Waals surface area contributed by atoms with Gasteiger partial charge >= 0.3 is 0 Å². The molecule has 6 nitrogen and oxygen atoms in total. The van der Waals surface area contributed by atoms with E-state index < -0.39 is 0 Å². The largest absolute Gasteiger partial charge is 0.493 e. The number of ether oxygens (including phenoxy) is 2. The van der Waals surface area contributed by atoms with Crippen LogP contribution in [0.25, 0.3) is 0 Å². The van der Waals surface area contributed by atoms with Gasteiger partial charge in [0, 0.05) is 47.9 Å². The van der Waals surface area contributed by atoms with Gasteiger partial charge in [0.15, 0.2) is 11.5 Å². The summed E-state index contributed by atoms with van der Waals surface area (Å²) in [5, 5.41) is 18.3. The number of hydrogen-bond acceptors (Lipinski definition) is 5. The van der Waals surface area contributed by atoms with Crippen molar-refractivity contribution < 1.29 is 14.6 Å². The van der Waals surface area contributed by atoms with E-state index in [1.807, 2.05) is 19.1 Å². The van der Waals surface area contributed by atoms with Crippen LogP contribution in [-0.4, -0.2) is 53.6 Å². The smallest absolute Gasteiger partial charge is 0.165 e. The average molecular weight is 366 g/mol. The molecule has 2 aromatic rings. The molecule has 0 saturated carbocycles. The van der Waals surface area contributed by atoms with E-state index in [1.54, 1.807) is 20.3 Å². The third kappa shape index (κ3) is 4.08. The Morgan fingerprint density at radius 1 is 1.28 bits per heavy atom. The topological polar surface area (TPSA) is 70.6 Å². The molecule has 1 fully saturated rings. The molecule has 1 saturated heterocycles. The van der Waals surface area contributed by atoms with Crippen LogP contribution in [0.3, 0.4) is 0 Å². The molecule has 2 heterocycles. The van der Waals surface area contributed by atoms with Crippen molar-refractivity contribution in [3.8, 4) is 11.5 Å². The fraction of sp³-hybridized carbons (Fsp3) is 0.500. The predicted molar refractivity (Wildman–Crippen MR) is 96.4 cm³/mol. The second kappa shape index (κ2) is 7.64. The number of methoxy groups -OCH3 is 2. The maximum atomic E-state index is 10.4. The molecule has 1 aromatic carbocycles. The van der Waals surface area contributed by atoms with Gasteiger partial charge in [-0.2, -0.15) is 5.10 Å². The van der Waals surface area contributed by atoms with Crippen LogP contribution < -0.4 is 9.47 Å². The Bertz CT molecular complexity index is 734. The number of halogens is 1. The first kappa shape index (κ1) is 18.0. The Kier molecular flexibility index (Phi) is 5.51. The number of aliphatic hydroxyl groups excluding tert-OH is 1. The van der Waals surface area contributed by atoms with E-state index >= 15 is 0 Å². The summed E-state index contributed by atoms with van der Waals surface area (Å²) < 4.78 is 10.9.